The fraction of sp³-hybridized carbons (Fsp3) is 0.120. The van der Waals surface area contributed by atoms with Crippen LogP contribution in [0.4, 0.5) is 0 Å². The van der Waals surface area contributed by atoms with Crippen molar-refractivity contribution in [2.75, 3.05) is 14.2 Å². The highest BCUT2D eigenvalue weighted by Crippen LogP contribution is 2.40. The van der Waals surface area contributed by atoms with E-state index in [2.05, 4.69) is 17.2 Å². The number of hydrogen-bond donors (Lipinski definition) is 1. The van der Waals surface area contributed by atoms with Gasteiger partial charge in [-0.15, -0.1) is 0 Å². The van der Waals surface area contributed by atoms with Gasteiger partial charge in [-0.25, -0.2) is 4.79 Å². The Hall–Kier alpha value is -4.04. The second-order valence-electron chi connectivity index (χ2n) is 6.80. The molecule has 0 bridgehead atoms. The molecule has 4 rings (SSSR count). The maximum absolute atomic E-state index is 13.0. The van der Waals surface area contributed by atoms with Crippen molar-refractivity contribution in [1.29, 1.82) is 0 Å². The van der Waals surface area contributed by atoms with E-state index in [4.69, 9.17) is 9.47 Å². The number of fused-ring (bicyclic) bond motifs is 1. The molecule has 0 spiro atoms. The van der Waals surface area contributed by atoms with Gasteiger partial charge in [-0.3, -0.25) is 4.79 Å². The molecule has 1 amide bonds. The van der Waals surface area contributed by atoms with Gasteiger partial charge in [0.15, 0.2) is 5.54 Å². The highest BCUT2D eigenvalue weighted by atomic mass is 16.5. The summed E-state index contributed by atoms with van der Waals surface area (Å²) in [6.45, 7) is 0. The molecule has 1 aliphatic rings. The van der Waals surface area contributed by atoms with Crippen molar-refractivity contribution in [3.05, 3.63) is 101 Å². The summed E-state index contributed by atoms with van der Waals surface area (Å²) in [5, 5.41) is 2.83. The number of amides is 1. The van der Waals surface area contributed by atoms with Gasteiger partial charge >= 0.3 is 5.97 Å². The molecule has 0 aliphatic carbocycles. The van der Waals surface area contributed by atoms with Gasteiger partial charge in [-0.2, -0.15) is 0 Å². The van der Waals surface area contributed by atoms with Gasteiger partial charge in [0.2, 0.25) is 0 Å². The fourth-order valence-corrected chi connectivity index (χ4v) is 3.62. The number of ether oxygens (including phenoxy) is 2. The highest BCUT2D eigenvalue weighted by Gasteiger charge is 2.51. The highest BCUT2D eigenvalue weighted by molar-refractivity contribution is 6.07. The molecule has 1 N–H and O–H groups in total. The van der Waals surface area contributed by atoms with Gasteiger partial charge < -0.3 is 14.8 Å². The van der Waals surface area contributed by atoms with Gasteiger partial charge in [0.1, 0.15) is 5.75 Å². The first kappa shape index (κ1) is 19.3. The molecule has 0 fully saturated rings. The van der Waals surface area contributed by atoms with Crippen molar-refractivity contribution in [2.45, 2.75) is 5.54 Å². The van der Waals surface area contributed by atoms with E-state index in [-0.39, 0.29) is 5.91 Å². The summed E-state index contributed by atoms with van der Waals surface area (Å²) in [5.41, 5.74) is 1.59. The van der Waals surface area contributed by atoms with E-state index in [0.717, 1.165) is 5.56 Å². The normalized spacial score (nSPS) is 16.7. The van der Waals surface area contributed by atoms with Gasteiger partial charge in [0.05, 0.1) is 14.2 Å². The minimum absolute atomic E-state index is 0.348. The van der Waals surface area contributed by atoms with Crippen LogP contribution < -0.4 is 10.1 Å². The van der Waals surface area contributed by atoms with E-state index in [0.29, 0.717) is 28.0 Å². The summed E-state index contributed by atoms with van der Waals surface area (Å²) >= 11 is 0. The van der Waals surface area contributed by atoms with Crippen LogP contribution in [0, 0.1) is 11.8 Å². The molecule has 0 aromatic heterocycles. The molecule has 5 heteroatoms. The van der Waals surface area contributed by atoms with Crippen LogP contribution in [0.2, 0.25) is 0 Å². The van der Waals surface area contributed by atoms with Crippen LogP contribution in [0.15, 0.2) is 72.8 Å². The lowest BCUT2D eigenvalue weighted by Crippen LogP contribution is -2.48. The summed E-state index contributed by atoms with van der Waals surface area (Å²) in [4.78, 5) is 25.7. The van der Waals surface area contributed by atoms with E-state index >= 15 is 0 Å². The van der Waals surface area contributed by atoms with E-state index in [1.54, 1.807) is 36.4 Å². The molecule has 30 heavy (non-hydrogen) atoms. The first-order valence-electron chi connectivity index (χ1n) is 9.35. The molecule has 3 aromatic rings. The molecule has 0 saturated carbocycles. The van der Waals surface area contributed by atoms with Crippen LogP contribution in [0.5, 0.6) is 5.75 Å². The maximum Gasteiger partial charge on any atom is 0.341 e. The van der Waals surface area contributed by atoms with Crippen LogP contribution in [-0.4, -0.2) is 26.1 Å². The number of methoxy groups -OCH3 is 2. The topological polar surface area (TPSA) is 64.6 Å². The number of nitrogens with one attached hydrogen (secondary N) is 1. The zero-order valence-corrected chi connectivity index (χ0v) is 16.6. The number of carbonyl (C=O) groups excluding carboxylic acids is 2. The third-order valence-corrected chi connectivity index (χ3v) is 5.09. The predicted molar refractivity (Wildman–Crippen MR) is 112 cm³/mol. The summed E-state index contributed by atoms with van der Waals surface area (Å²) in [6, 6.07) is 21.9. The molecule has 0 saturated heterocycles. The molecule has 3 aromatic carbocycles. The number of benzene rings is 3. The smallest absolute Gasteiger partial charge is 0.341 e. The first-order chi connectivity index (χ1) is 14.6. The third kappa shape index (κ3) is 3.19. The summed E-state index contributed by atoms with van der Waals surface area (Å²) < 4.78 is 10.4. The minimum Gasteiger partial charge on any atom is -0.497 e. The summed E-state index contributed by atoms with van der Waals surface area (Å²) in [6.07, 6.45) is 0. The predicted octanol–water partition coefficient (Wildman–Crippen LogP) is 3.26. The SMILES string of the molecule is COC(=O)C1(c2cccc(C#Cc3ccccc3)c2)NC(=O)c2ccc(OC)cc21. The van der Waals surface area contributed by atoms with E-state index in [1.165, 1.54) is 14.2 Å². The Kier molecular flexibility index (Phi) is 4.99. The second kappa shape index (κ2) is 7.76. The molecule has 1 unspecified atom stereocenters. The maximum atomic E-state index is 13.0. The van der Waals surface area contributed by atoms with Crippen molar-refractivity contribution in [1.82, 2.24) is 5.32 Å². The molecule has 1 atom stereocenters. The molecular formula is C25H19NO4. The number of esters is 1. The van der Waals surface area contributed by atoms with Gasteiger partial charge in [-0.05, 0) is 48.0 Å². The van der Waals surface area contributed by atoms with Crippen molar-refractivity contribution in [3.63, 3.8) is 0 Å². The van der Waals surface area contributed by atoms with Crippen LogP contribution >= 0.6 is 0 Å². The van der Waals surface area contributed by atoms with E-state index in [1.807, 2.05) is 36.4 Å². The molecule has 148 valence electrons. The fourth-order valence-electron chi connectivity index (χ4n) is 3.62. The van der Waals surface area contributed by atoms with Crippen molar-refractivity contribution in [2.24, 2.45) is 0 Å². The Bertz CT molecular complexity index is 1190. The van der Waals surface area contributed by atoms with Crippen molar-refractivity contribution < 1.29 is 19.1 Å². The molecule has 5 nitrogen and oxygen atoms in total. The Morgan fingerprint density at radius 2 is 1.63 bits per heavy atom. The largest absolute Gasteiger partial charge is 0.497 e. The van der Waals surface area contributed by atoms with E-state index < -0.39 is 11.5 Å². The molecule has 1 aliphatic heterocycles. The number of hydrogen-bond acceptors (Lipinski definition) is 4. The number of carbonyl (C=O) groups is 2. The van der Waals surface area contributed by atoms with Crippen molar-refractivity contribution >= 4 is 11.9 Å². The molecule has 1 heterocycles. The van der Waals surface area contributed by atoms with Gasteiger partial charge in [0.25, 0.3) is 5.91 Å². The minimum atomic E-state index is -1.47. The third-order valence-electron chi connectivity index (χ3n) is 5.09. The average Bonchev–Trinajstić information content (AvgIpc) is 3.10. The van der Waals surface area contributed by atoms with Gasteiger partial charge in [-0.1, -0.05) is 42.2 Å². The summed E-state index contributed by atoms with van der Waals surface area (Å²) in [5.74, 6) is 5.83. The van der Waals surface area contributed by atoms with Crippen LogP contribution in [0.3, 0.4) is 0 Å². The van der Waals surface area contributed by atoms with Crippen LogP contribution in [-0.2, 0) is 15.1 Å². The Morgan fingerprint density at radius 3 is 2.37 bits per heavy atom. The average molecular weight is 397 g/mol. The van der Waals surface area contributed by atoms with Crippen molar-refractivity contribution in [3.8, 4) is 17.6 Å². The van der Waals surface area contributed by atoms with E-state index in [9.17, 15) is 9.59 Å². The lowest BCUT2D eigenvalue weighted by molar-refractivity contribution is -0.146. The molecular weight excluding hydrogens is 378 g/mol. The van der Waals surface area contributed by atoms with Gasteiger partial charge in [0, 0.05) is 22.3 Å². The van der Waals surface area contributed by atoms with Crippen LogP contribution in [0.1, 0.15) is 32.6 Å². The zero-order valence-electron chi connectivity index (χ0n) is 16.6. The second-order valence-corrected chi connectivity index (χ2v) is 6.80. The lowest BCUT2D eigenvalue weighted by atomic mass is 9.82. The standard InChI is InChI=1S/C25H19NO4/c1-29-20-13-14-21-22(16-20)25(24(28)30-2,26-23(21)27)19-10-6-9-18(15-19)12-11-17-7-4-3-5-8-17/h3-10,13-16H,1-2H3,(H,26,27). The monoisotopic (exact) mass is 397 g/mol. The van der Waals surface area contributed by atoms with Crippen LogP contribution in [0.25, 0.3) is 0 Å². The Balaban J connectivity index is 1.86. The lowest BCUT2D eigenvalue weighted by Gasteiger charge is -2.28. The first-order valence-corrected chi connectivity index (χ1v) is 9.35. The Labute approximate surface area is 174 Å². The molecule has 0 radical (unpaired) electrons. The zero-order chi connectivity index (χ0) is 21.1. The quantitative estimate of drug-likeness (QED) is 0.544. The summed E-state index contributed by atoms with van der Waals surface area (Å²) in [7, 11) is 2.83. The number of rotatable bonds is 3. The Morgan fingerprint density at radius 1 is 0.900 bits per heavy atom.